The number of nitrogens with one attached hydrogen (secondary N) is 2. The summed E-state index contributed by atoms with van der Waals surface area (Å²) in [5.41, 5.74) is 0.430. The van der Waals surface area contributed by atoms with Crippen molar-refractivity contribution in [2.75, 3.05) is 27.7 Å². The number of hydrogen-bond acceptors (Lipinski definition) is 5. The molecule has 0 saturated heterocycles. The zero-order valence-electron chi connectivity index (χ0n) is 16.1. The van der Waals surface area contributed by atoms with E-state index in [1.807, 2.05) is 58.2 Å². The maximum absolute atomic E-state index is 12.5. The van der Waals surface area contributed by atoms with Gasteiger partial charge in [0.25, 0.3) is 0 Å². The van der Waals surface area contributed by atoms with Crippen LogP contribution in [0, 0.1) is 0 Å². The molecule has 7 heteroatoms. The largest absolute Gasteiger partial charge is 0.375 e. The first kappa shape index (κ1) is 21.1. The predicted octanol–water partition coefficient (Wildman–Crippen LogP) is 2.00. The lowest BCUT2D eigenvalue weighted by molar-refractivity contribution is -0.128. The minimum atomic E-state index is -0.664. The van der Waals surface area contributed by atoms with Crippen molar-refractivity contribution in [3.05, 3.63) is 35.9 Å². The maximum Gasteiger partial charge on any atom is 0.240 e. The molecule has 7 nitrogen and oxygen atoms in total. The van der Waals surface area contributed by atoms with Crippen LogP contribution in [-0.4, -0.2) is 56.3 Å². The minimum Gasteiger partial charge on any atom is -0.375 e. The van der Waals surface area contributed by atoms with Crippen LogP contribution in [0.4, 0.5) is 0 Å². The second kappa shape index (κ2) is 10.1. The zero-order valence-corrected chi connectivity index (χ0v) is 16.1. The Labute approximate surface area is 150 Å². The molecule has 1 aromatic rings. The average Bonchev–Trinajstić information content (AvgIpc) is 2.61. The van der Waals surface area contributed by atoms with E-state index in [0.29, 0.717) is 13.2 Å². The Hall–Kier alpha value is -1.99. The second-order valence-electron chi connectivity index (χ2n) is 6.56. The topological polar surface area (TPSA) is 78.3 Å². The summed E-state index contributed by atoms with van der Waals surface area (Å²) in [6.07, 6.45) is 0. The highest BCUT2D eigenvalue weighted by Gasteiger charge is 2.30. The molecule has 0 radical (unpaired) electrons. The molecule has 0 saturated carbocycles. The number of nitrogens with zero attached hydrogens (tertiary/aromatic N) is 3. The monoisotopic (exact) mass is 349 g/mol. The Morgan fingerprint density at radius 3 is 2.52 bits per heavy atom. The van der Waals surface area contributed by atoms with Gasteiger partial charge in [-0.15, -0.1) is 0 Å². The van der Waals surface area contributed by atoms with Gasteiger partial charge in [0.1, 0.15) is 0 Å². The maximum atomic E-state index is 12.5. The highest BCUT2D eigenvalue weighted by Crippen LogP contribution is 2.09. The number of ether oxygens (including phenoxy) is 1. The third-order valence-electron chi connectivity index (χ3n) is 4.32. The number of likely N-dealkylation sites (N-methyl/N-ethyl adjacent to an activating group) is 2. The summed E-state index contributed by atoms with van der Waals surface area (Å²) in [4.78, 5) is 12.5. The molecule has 0 aliphatic rings. The van der Waals surface area contributed by atoms with E-state index in [2.05, 4.69) is 21.0 Å². The quantitative estimate of drug-likeness (QED) is 0.500. The summed E-state index contributed by atoms with van der Waals surface area (Å²) in [6.45, 7) is 6.53. The molecule has 1 aromatic carbocycles. The first-order valence-electron chi connectivity index (χ1n) is 8.46. The van der Waals surface area contributed by atoms with Crippen molar-refractivity contribution in [1.82, 2.24) is 15.6 Å². The lowest BCUT2D eigenvalue weighted by atomic mass is 10.0. The van der Waals surface area contributed by atoms with Gasteiger partial charge in [-0.3, -0.25) is 9.80 Å². The van der Waals surface area contributed by atoms with Crippen LogP contribution < -0.4 is 10.6 Å². The Balaban J connectivity index is 2.74. The van der Waals surface area contributed by atoms with Gasteiger partial charge in [-0.05, 0) is 33.4 Å². The Bertz CT molecular complexity index is 548. The van der Waals surface area contributed by atoms with Gasteiger partial charge in [-0.1, -0.05) is 35.6 Å². The van der Waals surface area contributed by atoms with E-state index < -0.39 is 5.54 Å². The summed E-state index contributed by atoms with van der Waals surface area (Å²) < 4.78 is 5.84. The Morgan fingerprint density at radius 1 is 1.32 bits per heavy atom. The van der Waals surface area contributed by atoms with Crippen molar-refractivity contribution in [1.29, 1.82) is 0 Å². The molecule has 0 aliphatic heterocycles. The van der Waals surface area contributed by atoms with E-state index in [1.54, 1.807) is 19.1 Å². The molecule has 2 atom stereocenters. The molecule has 25 heavy (non-hydrogen) atoms. The van der Waals surface area contributed by atoms with Crippen molar-refractivity contribution in [2.24, 2.45) is 10.3 Å². The third kappa shape index (κ3) is 6.80. The first-order valence-corrected chi connectivity index (χ1v) is 8.46. The normalized spacial score (nSPS) is 14.3. The van der Waals surface area contributed by atoms with E-state index in [1.165, 1.54) is 0 Å². The Kier molecular flexibility index (Phi) is 8.51. The van der Waals surface area contributed by atoms with Crippen molar-refractivity contribution < 1.29 is 9.53 Å². The number of benzene rings is 1. The van der Waals surface area contributed by atoms with Crippen molar-refractivity contribution >= 4 is 5.91 Å². The molecule has 0 fully saturated rings. The molecular weight excluding hydrogens is 318 g/mol. The van der Waals surface area contributed by atoms with Crippen LogP contribution in [0.2, 0.25) is 0 Å². The fraction of sp³-hybridized carbons (Fsp3) is 0.611. The standard InChI is InChI=1S/C18H31N5O2/c1-14(23(6)22-20-5)16(21-17(24)18(2,3)19-4)13-25-12-15-10-8-7-9-11-15/h7-11,14,16,19H,12-13H2,1-6H3,(H,21,24). The molecule has 2 N–H and O–H groups in total. The van der Waals surface area contributed by atoms with Gasteiger partial charge in [0.15, 0.2) is 0 Å². The van der Waals surface area contributed by atoms with Crippen LogP contribution in [0.15, 0.2) is 40.7 Å². The lowest BCUT2D eigenvalue weighted by Crippen LogP contribution is -2.58. The molecule has 1 rings (SSSR count). The molecule has 0 bridgehead atoms. The summed E-state index contributed by atoms with van der Waals surface area (Å²) in [7, 11) is 5.21. The highest BCUT2D eigenvalue weighted by atomic mass is 16.5. The predicted molar refractivity (Wildman–Crippen MR) is 99.2 cm³/mol. The number of hydrogen-bond donors (Lipinski definition) is 2. The molecule has 1 amide bonds. The van der Waals surface area contributed by atoms with Crippen molar-refractivity contribution in [3.63, 3.8) is 0 Å². The van der Waals surface area contributed by atoms with Crippen molar-refractivity contribution in [3.8, 4) is 0 Å². The van der Waals surface area contributed by atoms with E-state index in [4.69, 9.17) is 4.74 Å². The van der Waals surface area contributed by atoms with E-state index in [9.17, 15) is 4.79 Å². The molecule has 0 aliphatic carbocycles. The van der Waals surface area contributed by atoms with Gasteiger partial charge in [0, 0.05) is 7.05 Å². The van der Waals surface area contributed by atoms with Gasteiger partial charge in [-0.2, -0.15) is 5.11 Å². The lowest BCUT2D eigenvalue weighted by Gasteiger charge is -2.32. The van der Waals surface area contributed by atoms with Crippen LogP contribution in [0.5, 0.6) is 0 Å². The molecule has 140 valence electrons. The SMILES string of the molecule is CN=NN(C)C(C)C(COCc1ccccc1)NC(=O)C(C)(C)NC. The number of amides is 1. The van der Waals surface area contributed by atoms with E-state index in [-0.39, 0.29) is 18.0 Å². The fourth-order valence-electron chi connectivity index (χ4n) is 2.12. The van der Waals surface area contributed by atoms with Gasteiger partial charge < -0.3 is 15.4 Å². The third-order valence-corrected chi connectivity index (χ3v) is 4.32. The number of rotatable bonds is 10. The molecule has 0 aromatic heterocycles. The van der Waals surface area contributed by atoms with Gasteiger partial charge in [-0.25, -0.2) is 0 Å². The molecule has 0 heterocycles. The summed E-state index contributed by atoms with van der Waals surface area (Å²) >= 11 is 0. The summed E-state index contributed by atoms with van der Waals surface area (Å²) in [5, 5.41) is 15.6. The first-order chi connectivity index (χ1) is 11.8. The second-order valence-corrected chi connectivity index (χ2v) is 6.56. The summed E-state index contributed by atoms with van der Waals surface area (Å²) in [5.74, 6) is -0.0861. The minimum absolute atomic E-state index is 0.0731. The van der Waals surface area contributed by atoms with Crippen molar-refractivity contribution in [2.45, 2.75) is 45.0 Å². The molecule has 0 spiro atoms. The number of carbonyl (C=O) groups is 1. The Morgan fingerprint density at radius 2 is 1.96 bits per heavy atom. The molecule has 2 unspecified atom stereocenters. The molecular formula is C18H31N5O2. The van der Waals surface area contributed by atoms with Crippen LogP contribution in [0.25, 0.3) is 0 Å². The van der Waals surface area contributed by atoms with E-state index in [0.717, 1.165) is 5.56 Å². The van der Waals surface area contributed by atoms with Crippen LogP contribution in [0.1, 0.15) is 26.3 Å². The zero-order chi connectivity index (χ0) is 18.9. The van der Waals surface area contributed by atoms with E-state index >= 15 is 0 Å². The highest BCUT2D eigenvalue weighted by molar-refractivity contribution is 5.85. The fourth-order valence-corrected chi connectivity index (χ4v) is 2.12. The van der Waals surface area contributed by atoms with Crippen LogP contribution >= 0.6 is 0 Å². The average molecular weight is 349 g/mol. The van der Waals surface area contributed by atoms with Gasteiger partial charge >= 0.3 is 0 Å². The van der Waals surface area contributed by atoms with Crippen LogP contribution in [-0.2, 0) is 16.1 Å². The number of carbonyl (C=O) groups excluding carboxylic acids is 1. The van der Waals surface area contributed by atoms with Gasteiger partial charge in [0.2, 0.25) is 5.91 Å². The smallest absolute Gasteiger partial charge is 0.240 e. The van der Waals surface area contributed by atoms with Gasteiger partial charge in [0.05, 0.1) is 37.9 Å². The summed E-state index contributed by atoms with van der Waals surface area (Å²) in [6, 6.07) is 9.66. The van der Waals surface area contributed by atoms with Crippen LogP contribution in [0.3, 0.4) is 0 Å².